The Morgan fingerprint density at radius 1 is 1.60 bits per heavy atom. The monoisotopic (exact) mass is 206 g/mol. The van der Waals surface area contributed by atoms with Crippen molar-refractivity contribution in [2.24, 2.45) is 0 Å². The average molecular weight is 206 g/mol. The Morgan fingerprint density at radius 3 is 2.60 bits per heavy atom. The molecule has 6 heteroatoms. The predicted octanol–water partition coefficient (Wildman–Crippen LogP) is 1.47. The molecular weight excluding hydrogens is 200 g/mol. The van der Waals surface area contributed by atoms with Crippen LogP contribution in [0.5, 0.6) is 0 Å². The molecule has 0 spiro atoms. The number of nitro benzene ring substituents is 1. The third kappa shape index (κ3) is 1.76. The zero-order valence-corrected chi connectivity index (χ0v) is 7.72. The Kier molecular flexibility index (Phi) is 2.67. The number of carboxylic acids is 1. The van der Waals surface area contributed by atoms with E-state index < -0.39 is 10.9 Å². The van der Waals surface area contributed by atoms with Crippen molar-refractivity contribution in [3.05, 3.63) is 38.9 Å². The van der Waals surface area contributed by atoms with Gasteiger partial charge in [-0.15, -0.1) is 0 Å². The molecule has 0 aromatic heterocycles. The highest BCUT2D eigenvalue weighted by Gasteiger charge is 2.21. The highest BCUT2D eigenvalue weighted by atomic mass is 16.6. The molecule has 1 N–H and O–H groups in total. The van der Waals surface area contributed by atoms with Gasteiger partial charge in [-0.05, 0) is 13.0 Å². The molecule has 0 aliphatic carbocycles. The van der Waals surface area contributed by atoms with Crippen molar-refractivity contribution < 1.29 is 14.8 Å². The van der Waals surface area contributed by atoms with Gasteiger partial charge in [-0.1, -0.05) is 0 Å². The van der Waals surface area contributed by atoms with Crippen LogP contribution in [-0.2, 0) is 0 Å². The van der Waals surface area contributed by atoms with Crippen molar-refractivity contribution in [1.82, 2.24) is 0 Å². The molecule has 1 aromatic rings. The first-order chi connectivity index (χ1) is 6.99. The summed E-state index contributed by atoms with van der Waals surface area (Å²) in [7, 11) is 0. The Balaban J connectivity index is 3.58. The van der Waals surface area contributed by atoms with Gasteiger partial charge in [0, 0.05) is 11.6 Å². The lowest BCUT2D eigenvalue weighted by molar-refractivity contribution is -0.385. The van der Waals surface area contributed by atoms with Crippen LogP contribution in [-0.4, -0.2) is 16.0 Å². The zero-order valence-electron chi connectivity index (χ0n) is 7.72. The lowest BCUT2D eigenvalue weighted by Gasteiger charge is -2.03. The van der Waals surface area contributed by atoms with E-state index in [2.05, 4.69) is 0 Å². The third-order valence-corrected chi connectivity index (χ3v) is 1.97. The van der Waals surface area contributed by atoms with Crippen LogP contribution < -0.4 is 0 Å². The van der Waals surface area contributed by atoms with Gasteiger partial charge in [-0.3, -0.25) is 10.1 Å². The third-order valence-electron chi connectivity index (χ3n) is 1.97. The van der Waals surface area contributed by atoms with Crippen molar-refractivity contribution in [3.8, 4) is 6.07 Å². The van der Waals surface area contributed by atoms with Gasteiger partial charge in [0.05, 0.1) is 16.1 Å². The fourth-order valence-corrected chi connectivity index (χ4v) is 1.27. The smallest absolute Gasteiger partial charge is 0.337 e. The van der Waals surface area contributed by atoms with Crippen LogP contribution in [0.1, 0.15) is 21.5 Å². The number of nitro groups is 1. The Labute approximate surface area is 84.5 Å². The van der Waals surface area contributed by atoms with Crippen molar-refractivity contribution in [2.75, 3.05) is 0 Å². The molecule has 0 amide bonds. The van der Waals surface area contributed by atoms with Gasteiger partial charge in [0.1, 0.15) is 6.07 Å². The molecule has 0 bridgehead atoms. The van der Waals surface area contributed by atoms with E-state index in [1.54, 1.807) is 6.07 Å². The van der Waals surface area contributed by atoms with Crippen LogP contribution >= 0.6 is 0 Å². The number of hydrogen-bond donors (Lipinski definition) is 1. The molecule has 1 rings (SSSR count). The van der Waals surface area contributed by atoms with E-state index in [-0.39, 0.29) is 22.4 Å². The van der Waals surface area contributed by atoms with Gasteiger partial charge in [0.2, 0.25) is 0 Å². The van der Waals surface area contributed by atoms with Crippen LogP contribution in [0.25, 0.3) is 0 Å². The molecule has 0 radical (unpaired) electrons. The maximum absolute atomic E-state index is 10.8. The van der Waals surface area contributed by atoms with Crippen molar-refractivity contribution in [2.45, 2.75) is 6.92 Å². The molecule has 0 saturated heterocycles. The number of aromatic carboxylic acids is 1. The maximum Gasteiger partial charge on any atom is 0.337 e. The summed E-state index contributed by atoms with van der Waals surface area (Å²) in [5.41, 5.74) is -0.699. The summed E-state index contributed by atoms with van der Waals surface area (Å²) in [5.74, 6) is -1.34. The molecule has 15 heavy (non-hydrogen) atoms. The van der Waals surface area contributed by atoms with Gasteiger partial charge >= 0.3 is 5.97 Å². The van der Waals surface area contributed by atoms with E-state index in [9.17, 15) is 14.9 Å². The van der Waals surface area contributed by atoms with E-state index in [4.69, 9.17) is 10.4 Å². The first-order valence-corrected chi connectivity index (χ1v) is 3.90. The Morgan fingerprint density at radius 2 is 2.20 bits per heavy atom. The highest BCUT2D eigenvalue weighted by Crippen LogP contribution is 2.24. The van der Waals surface area contributed by atoms with Gasteiger partial charge in [0.25, 0.3) is 5.69 Å². The molecule has 0 atom stereocenters. The second kappa shape index (κ2) is 3.75. The number of carboxylic acid groups (broad SMARTS) is 1. The van der Waals surface area contributed by atoms with Crippen molar-refractivity contribution >= 4 is 11.7 Å². The summed E-state index contributed by atoms with van der Waals surface area (Å²) < 4.78 is 0. The minimum Gasteiger partial charge on any atom is -0.478 e. The molecular formula is C9H6N2O4. The second-order valence-electron chi connectivity index (χ2n) is 2.81. The van der Waals surface area contributed by atoms with E-state index in [0.29, 0.717) is 0 Å². The maximum atomic E-state index is 10.8. The predicted molar refractivity (Wildman–Crippen MR) is 49.5 cm³/mol. The van der Waals surface area contributed by atoms with Crippen LogP contribution in [0.4, 0.5) is 5.69 Å². The van der Waals surface area contributed by atoms with Crippen LogP contribution in [0.2, 0.25) is 0 Å². The fraction of sp³-hybridized carbons (Fsp3) is 0.111. The Bertz CT molecular complexity index is 488. The normalized spacial score (nSPS) is 9.33. The van der Waals surface area contributed by atoms with Crippen LogP contribution in [0, 0.1) is 28.4 Å². The Hall–Kier alpha value is -2.42. The van der Waals surface area contributed by atoms with Crippen LogP contribution in [0.3, 0.4) is 0 Å². The summed E-state index contributed by atoms with van der Waals surface area (Å²) in [6.45, 7) is 1.31. The molecule has 1 aromatic carbocycles. The molecule has 0 unspecified atom stereocenters. The van der Waals surface area contributed by atoms with Gasteiger partial charge in [-0.2, -0.15) is 5.26 Å². The fourth-order valence-electron chi connectivity index (χ4n) is 1.27. The largest absolute Gasteiger partial charge is 0.478 e. The second-order valence-corrected chi connectivity index (χ2v) is 2.81. The molecule has 76 valence electrons. The number of benzene rings is 1. The van der Waals surface area contributed by atoms with E-state index >= 15 is 0 Å². The van der Waals surface area contributed by atoms with Crippen molar-refractivity contribution in [1.29, 1.82) is 5.26 Å². The molecule has 0 fully saturated rings. The number of carbonyl (C=O) groups is 1. The number of nitriles is 1. The van der Waals surface area contributed by atoms with Crippen LogP contribution in [0.15, 0.2) is 12.1 Å². The van der Waals surface area contributed by atoms with E-state index in [0.717, 1.165) is 12.1 Å². The first kappa shape index (κ1) is 10.7. The van der Waals surface area contributed by atoms with Gasteiger partial charge in [0.15, 0.2) is 0 Å². The van der Waals surface area contributed by atoms with E-state index in [1.165, 1.54) is 6.92 Å². The summed E-state index contributed by atoms with van der Waals surface area (Å²) in [4.78, 5) is 20.7. The van der Waals surface area contributed by atoms with Gasteiger partial charge in [-0.25, -0.2) is 4.79 Å². The summed E-state index contributed by atoms with van der Waals surface area (Å²) >= 11 is 0. The lowest BCUT2D eigenvalue weighted by Crippen LogP contribution is -2.06. The quantitative estimate of drug-likeness (QED) is 0.582. The number of rotatable bonds is 2. The summed E-state index contributed by atoms with van der Waals surface area (Å²) in [6, 6.07) is 3.94. The summed E-state index contributed by atoms with van der Waals surface area (Å²) in [6.07, 6.45) is 0. The number of nitrogens with zero attached hydrogens (tertiary/aromatic N) is 2. The molecule has 0 aliphatic heterocycles. The van der Waals surface area contributed by atoms with E-state index in [1.807, 2.05) is 0 Å². The molecule has 6 nitrogen and oxygen atoms in total. The highest BCUT2D eigenvalue weighted by molar-refractivity contribution is 5.93. The molecule has 0 saturated carbocycles. The van der Waals surface area contributed by atoms with Gasteiger partial charge < -0.3 is 5.11 Å². The minimum atomic E-state index is -1.34. The average Bonchev–Trinajstić information content (AvgIpc) is 2.15. The molecule has 0 heterocycles. The topological polar surface area (TPSA) is 104 Å². The SMILES string of the molecule is Cc1c([N+](=O)[O-])ccc(C#N)c1C(=O)O. The van der Waals surface area contributed by atoms with Crippen molar-refractivity contribution in [3.63, 3.8) is 0 Å². The lowest BCUT2D eigenvalue weighted by atomic mass is 10.0. The minimum absolute atomic E-state index is 0.00782. The zero-order chi connectivity index (χ0) is 11.6. The molecule has 0 aliphatic rings. The first-order valence-electron chi connectivity index (χ1n) is 3.90. The standard InChI is InChI=1S/C9H6N2O4/c1-5-7(11(14)15)3-2-6(4-10)8(5)9(12)13/h2-3H,1H3,(H,12,13). The summed E-state index contributed by atoms with van der Waals surface area (Å²) in [5, 5.41) is 28.0. The number of hydrogen-bond acceptors (Lipinski definition) is 4.